The van der Waals surface area contributed by atoms with Crippen LogP contribution >= 0.6 is 15.9 Å². The largest absolute Gasteiger partial charge is 0.487 e. The van der Waals surface area contributed by atoms with Crippen molar-refractivity contribution in [2.75, 3.05) is 26.9 Å². The first-order chi connectivity index (χ1) is 16.8. The fourth-order valence-electron chi connectivity index (χ4n) is 5.48. The molecule has 1 aromatic carbocycles. The summed E-state index contributed by atoms with van der Waals surface area (Å²) < 4.78 is 17.5. The maximum atomic E-state index is 13.9. The molecular formula is C25H31BrN4O5. The van der Waals surface area contributed by atoms with Crippen molar-refractivity contribution in [3.05, 3.63) is 34.2 Å². The molecule has 2 fully saturated rings. The number of halogens is 1. The van der Waals surface area contributed by atoms with Crippen molar-refractivity contribution in [2.24, 2.45) is 11.3 Å². The Morgan fingerprint density at radius 3 is 2.91 bits per heavy atom. The van der Waals surface area contributed by atoms with E-state index in [4.69, 9.17) is 19.2 Å². The Morgan fingerprint density at radius 2 is 2.20 bits per heavy atom. The van der Waals surface area contributed by atoms with Gasteiger partial charge in [-0.2, -0.15) is 0 Å². The number of hydrogen-bond donors (Lipinski definition) is 2. The summed E-state index contributed by atoms with van der Waals surface area (Å²) in [5.41, 5.74) is 2.56. The summed E-state index contributed by atoms with van der Waals surface area (Å²) in [6.07, 6.45) is 2.09. The highest BCUT2D eigenvalue weighted by Gasteiger charge is 2.50. The number of nitrogens with one attached hydrogen (secondary N) is 2. The van der Waals surface area contributed by atoms with E-state index in [1.54, 1.807) is 0 Å². The molecule has 0 radical (unpaired) electrons. The summed E-state index contributed by atoms with van der Waals surface area (Å²) in [7, 11) is 1.30. The average molecular weight is 547 g/mol. The molecule has 0 aliphatic carbocycles. The lowest BCUT2D eigenvalue weighted by Gasteiger charge is -2.33. The Hall–Kier alpha value is -2.59. The van der Waals surface area contributed by atoms with Crippen LogP contribution in [0.3, 0.4) is 0 Å². The van der Waals surface area contributed by atoms with Crippen molar-refractivity contribution >= 4 is 27.9 Å². The minimum absolute atomic E-state index is 0.107. The minimum Gasteiger partial charge on any atom is -0.487 e. The van der Waals surface area contributed by atoms with Gasteiger partial charge in [-0.25, -0.2) is 9.78 Å². The number of H-pyrrole nitrogens is 1. The Balaban J connectivity index is 1.50. The third-order valence-corrected chi connectivity index (χ3v) is 7.76. The highest BCUT2D eigenvalue weighted by molar-refractivity contribution is 9.10. The van der Waals surface area contributed by atoms with Gasteiger partial charge in [0.05, 0.1) is 31.1 Å². The predicted molar refractivity (Wildman–Crippen MR) is 132 cm³/mol. The van der Waals surface area contributed by atoms with Gasteiger partial charge >= 0.3 is 6.09 Å². The van der Waals surface area contributed by atoms with Crippen LogP contribution < -0.4 is 10.1 Å². The third kappa shape index (κ3) is 4.53. The first-order valence-electron chi connectivity index (χ1n) is 12.0. The van der Waals surface area contributed by atoms with Gasteiger partial charge in [0.1, 0.15) is 24.2 Å². The van der Waals surface area contributed by atoms with Crippen molar-refractivity contribution in [3.8, 4) is 17.0 Å². The van der Waals surface area contributed by atoms with Crippen LogP contribution in [0.15, 0.2) is 22.7 Å². The quantitative estimate of drug-likeness (QED) is 0.595. The molecule has 0 bridgehead atoms. The second-order valence-electron chi connectivity index (χ2n) is 10.1. The van der Waals surface area contributed by atoms with E-state index >= 15 is 0 Å². The fraction of sp³-hybridized carbons (Fsp3) is 0.560. The zero-order valence-electron chi connectivity index (χ0n) is 20.2. The van der Waals surface area contributed by atoms with Crippen molar-refractivity contribution in [1.82, 2.24) is 20.2 Å². The lowest BCUT2D eigenvalue weighted by atomic mass is 9.80. The van der Waals surface area contributed by atoms with Crippen LogP contribution in [0.2, 0.25) is 0 Å². The number of fused-ring (bicyclic) bond motifs is 3. The fourth-order valence-corrected chi connectivity index (χ4v) is 5.82. The number of amides is 2. The highest BCUT2D eigenvalue weighted by Crippen LogP contribution is 2.48. The van der Waals surface area contributed by atoms with E-state index in [0.717, 1.165) is 58.9 Å². The lowest BCUT2D eigenvalue weighted by Crippen LogP contribution is -2.51. The molecular weight excluding hydrogens is 516 g/mol. The number of carbonyl (C=O) groups excluding carboxylic acids is 2. The topological polar surface area (TPSA) is 106 Å². The van der Waals surface area contributed by atoms with Gasteiger partial charge in [-0.1, -0.05) is 29.8 Å². The van der Waals surface area contributed by atoms with Crippen LogP contribution in [0.1, 0.15) is 50.7 Å². The van der Waals surface area contributed by atoms with E-state index in [0.29, 0.717) is 19.8 Å². The highest BCUT2D eigenvalue weighted by atomic mass is 79.9. The van der Waals surface area contributed by atoms with Gasteiger partial charge in [0, 0.05) is 28.6 Å². The van der Waals surface area contributed by atoms with Gasteiger partial charge in [-0.05, 0) is 43.4 Å². The number of methoxy groups -OCH3 is 1. The van der Waals surface area contributed by atoms with E-state index in [9.17, 15) is 9.59 Å². The molecule has 3 aliphatic rings. The molecule has 4 heterocycles. The van der Waals surface area contributed by atoms with Crippen LogP contribution in [0.4, 0.5) is 4.79 Å². The number of alkyl carbamates (subject to hydrolysis) is 1. The zero-order valence-corrected chi connectivity index (χ0v) is 21.8. The smallest absolute Gasteiger partial charge is 0.407 e. The van der Waals surface area contributed by atoms with Gasteiger partial charge in [0.25, 0.3) is 0 Å². The van der Waals surface area contributed by atoms with Gasteiger partial charge in [0.15, 0.2) is 0 Å². The molecule has 2 N–H and O–H groups in total. The van der Waals surface area contributed by atoms with Gasteiger partial charge in [-0.15, -0.1) is 0 Å². The van der Waals surface area contributed by atoms with Crippen molar-refractivity contribution in [1.29, 1.82) is 0 Å². The molecule has 10 heteroatoms. The molecule has 188 valence electrons. The third-order valence-electron chi connectivity index (χ3n) is 7.27. The lowest BCUT2D eigenvalue weighted by molar-refractivity contribution is -0.136. The molecule has 1 aromatic heterocycles. The average Bonchev–Trinajstić information content (AvgIpc) is 3.44. The molecule has 35 heavy (non-hydrogen) atoms. The van der Waals surface area contributed by atoms with E-state index in [1.165, 1.54) is 7.11 Å². The van der Waals surface area contributed by atoms with Crippen LogP contribution in [0.25, 0.3) is 11.3 Å². The number of aromatic nitrogens is 2. The number of ether oxygens (including phenoxy) is 3. The number of aromatic amines is 1. The number of rotatable bonds is 4. The van der Waals surface area contributed by atoms with Gasteiger partial charge < -0.3 is 29.4 Å². The maximum Gasteiger partial charge on any atom is 0.407 e. The molecule has 9 nitrogen and oxygen atoms in total. The van der Waals surface area contributed by atoms with E-state index in [-0.39, 0.29) is 23.3 Å². The molecule has 3 aliphatic heterocycles. The summed E-state index contributed by atoms with van der Waals surface area (Å²) in [6, 6.07) is 4.95. The Labute approximate surface area is 213 Å². The summed E-state index contributed by atoms with van der Waals surface area (Å²) in [5.74, 6) is 1.28. The first kappa shape index (κ1) is 24.1. The van der Waals surface area contributed by atoms with Crippen LogP contribution in [0, 0.1) is 11.3 Å². The maximum absolute atomic E-state index is 13.9. The van der Waals surface area contributed by atoms with Gasteiger partial charge in [-0.3, -0.25) is 4.79 Å². The van der Waals surface area contributed by atoms with Crippen molar-refractivity contribution < 1.29 is 23.8 Å². The first-order valence-corrected chi connectivity index (χ1v) is 12.8. The molecule has 2 amide bonds. The van der Waals surface area contributed by atoms with Crippen molar-refractivity contribution in [2.45, 2.75) is 51.8 Å². The number of imidazole rings is 1. The van der Waals surface area contributed by atoms with Crippen LogP contribution in [-0.2, 0) is 20.9 Å². The number of benzene rings is 1. The van der Waals surface area contributed by atoms with Crippen LogP contribution in [-0.4, -0.2) is 59.8 Å². The SMILES string of the molecule is COC(=O)N[C@H](C(=O)N1C[C@]2(CCCOC2)C[C@H]1c1nc2c([nH]1)COc1cc(Br)ccc1-2)C(C)C. The molecule has 3 atom stereocenters. The molecule has 1 spiro atoms. The number of nitrogens with zero attached hydrogens (tertiary/aromatic N) is 2. The predicted octanol–water partition coefficient (Wildman–Crippen LogP) is 4.18. The minimum atomic E-state index is -0.699. The normalized spacial score (nSPS) is 24.0. The second-order valence-corrected chi connectivity index (χ2v) is 11.0. The monoisotopic (exact) mass is 546 g/mol. The number of likely N-dealkylation sites (tertiary alicyclic amines) is 1. The van der Waals surface area contributed by atoms with E-state index in [1.807, 2.05) is 36.9 Å². The molecule has 5 rings (SSSR count). The number of hydrogen-bond acceptors (Lipinski definition) is 6. The molecule has 0 unspecified atom stereocenters. The van der Waals surface area contributed by atoms with E-state index < -0.39 is 12.1 Å². The number of carbonyl (C=O) groups is 2. The molecule has 0 saturated carbocycles. The summed E-state index contributed by atoms with van der Waals surface area (Å²) in [6.45, 7) is 6.15. The summed E-state index contributed by atoms with van der Waals surface area (Å²) >= 11 is 3.50. The summed E-state index contributed by atoms with van der Waals surface area (Å²) in [5, 5.41) is 2.73. The van der Waals surface area contributed by atoms with Crippen LogP contribution in [0.5, 0.6) is 5.75 Å². The Kier molecular flexibility index (Phi) is 6.52. The second kappa shape index (κ2) is 9.46. The standard InChI is InChI=1S/C25H31BrN4O5/c1-14(2)20(29-24(32)33-3)23(31)30-12-25(7-4-8-34-13-25)10-18(30)22-27-17-11-35-19-9-15(26)5-6-16(19)21(17)28-22/h5-6,9,14,18,20H,4,7-8,10-13H2,1-3H3,(H,27,28)(H,29,32)/t18-,20-,25-/m0/s1. The van der Waals surface area contributed by atoms with Crippen molar-refractivity contribution in [3.63, 3.8) is 0 Å². The Morgan fingerprint density at radius 1 is 1.37 bits per heavy atom. The molecule has 2 aromatic rings. The Bertz CT molecular complexity index is 1130. The zero-order chi connectivity index (χ0) is 24.7. The van der Waals surface area contributed by atoms with Gasteiger partial charge in [0.2, 0.25) is 5.91 Å². The summed E-state index contributed by atoms with van der Waals surface area (Å²) in [4.78, 5) is 36.2. The molecule has 2 saturated heterocycles. The van der Waals surface area contributed by atoms with E-state index in [2.05, 4.69) is 26.2 Å².